The molecule has 0 bridgehead atoms. The van der Waals surface area contributed by atoms with Crippen LogP contribution in [0, 0.1) is 0 Å². The second kappa shape index (κ2) is 30.0. The van der Waals surface area contributed by atoms with Gasteiger partial charge in [-0.1, -0.05) is 18.2 Å². The molecule has 89 heavy (non-hydrogen) atoms. The van der Waals surface area contributed by atoms with E-state index >= 15 is 0 Å². The quantitative estimate of drug-likeness (QED) is 0.129. The van der Waals surface area contributed by atoms with Crippen LogP contribution in [0.2, 0.25) is 0 Å². The maximum Gasteiger partial charge on any atom is 0.410 e. The highest BCUT2D eigenvalue weighted by atomic mass is 16.6. The number of aromatic nitrogens is 3. The van der Waals surface area contributed by atoms with Crippen LogP contribution in [-0.2, 0) is 28.4 Å². The number of amides is 7. The summed E-state index contributed by atoms with van der Waals surface area (Å²) in [4.78, 5) is 138. The average molecular weight is 1250 g/mol. The summed E-state index contributed by atoms with van der Waals surface area (Å²) in [5.74, 6) is -0.562. The van der Waals surface area contributed by atoms with Crippen LogP contribution in [0.1, 0.15) is 135 Å². The van der Waals surface area contributed by atoms with E-state index in [9.17, 15) is 38.4 Å². The molecule has 0 spiro atoms. The molecule has 0 aliphatic carbocycles. The third-order valence-electron chi connectivity index (χ3n) is 12.8. The first-order valence-corrected chi connectivity index (χ1v) is 30.3. The fraction of sp³-hybridized carbons (Fsp3) is 0.689. The Kier molecular flexibility index (Phi) is 24.1. The molecule has 0 atom stereocenters. The normalized spacial score (nSPS) is 16.2. The molecule has 2 aliphatic heterocycles. The molecule has 2 saturated heterocycles. The van der Waals surface area contributed by atoms with Crippen LogP contribution in [0.4, 0.5) is 46.6 Å². The fourth-order valence-electron chi connectivity index (χ4n) is 8.66. The van der Waals surface area contributed by atoms with Gasteiger partial charge in [-0.15, -0.1) is 0 Å². The Morgan fingerprint density at radius 3 is 0.989 bits per heavy atom. The van der Waals surface area contributed by atoms with Crippen molar-refractivity contribution >= 4 is 71.3 Å². The fourth-order valence-corrected chi connectivity index (χ4v) is 8.66. The molecule has 3 aromatic rings. The number of para-hydroxylation sites is 1. The summed E-state index contributed by atoms with van der Waals surface area (Å²) in [5.41, 5.74) is -6.01. The minimum absolute atomic E-state index is 0.00277. The summed E-state index contributed by atoms with van der Waals surface area (Å²) in [7, 11) is 0. The second-order valence-electron chi connectivity index (χ2n) is 27.7. The molecule has 28 nitrogen and oxygen atoms in total. The maximum atomic E-state index is 14.2. The first-order valence-electron chi connectivity index (χ1n) is 30.3. The van der Waals surface area contributed by atoms with Crippen molar-refractivity contribution < 1.29 is 66.4 Å². The third kappa shape index (κ3) is 24.8. The number of carbonyl (C=O) groups is 7. The van der Waals surface area contributed by atoms with Gasteiger partial charge in [0.2, 0.25) is 17.8 Å². The molecule has 0 radical (unpaired) electrons. The lowest BCUT2D eigenvalue weighted by Crippen LogP contribution is -2.52. The lowest BCUT2D eigenvalue weighted by atomic mass is 10.2. The van der Waals surface area contributed by atoms with E-state index in [0.717, 1.165) is 0 Å². The van der Waals surface area contributed by atoms with Crippen molar-refractivity contribution in [3.05, 3.63) is 46.3 Å². The first kappa shape index (κ1) is 71.7. The van der Waals surface area contributed by atoms with Gasteiger partial charge in [0.05, 0.1) is 0 Å². The van der Waals surface area contributed by atoms with E-state index in [1.807, 2.05) is 0 Å². The number of carbonyl (C=O) groups excluding carboxylic acids is 7. The van der Waals surface area contributed by atoms with Crippen molar-refractivity contribution in [3.8, 4) is 0 Å². The van der Waals surface area contributed by atoms with E-state index in [-0.39, 0.29) is 141 Å². The minimum atomic E-state index is -0.901. The number of hydrogen-bond acceptors (Lipinski definition) is 21. The van der Waals surface area contributed by atoms with E-state index in [1.54, 1.807) is 159 Å². The van der Waals surface area contributed by atoms with Crippen LogP contribution in [0.15, 0.2) is 39.5 Å². The monoisotopic (exact) mass is 1250 g/mol. The van der Waals surface area contributed by atoms with Crippen molar-refractivity contribution in [2.75, 3.05) is 133 Å². The highest BCUT2D eigenvalue weighted by Crippen LogP contribution is 2.23. The van der Waals surface area contributed by atoms with Gasteiger partial charge < -0.3 is 82.7 Å². The Morgan fingerprint density at radius 1 is 0.416 bits per heavy atom. The number of anilines is 3. The predicted molar refractivity (Wildman–Crippen MR) is 334 cm³/mol. The van der Waals surface area contributed by atoms with Crippen LogP contribution in [0.25, 0.3) is 11.0 Å². The zero-order valence-corrected chi connectivity index (χ0v) is 55.7. The van der Waals surface area contributed by atoms with Gasteiger partial charge >= 0.3 is 42.2 Å². The van der Waals surface area contributed by atoms with Gasteiger partial charge in [-0.25, -0.2) is 33.6 Å². The van der Waals surface area contributed by atoms with E-state index in [1.165, 1.54) is 35.5 Å². The van der Waals surface area contributed by atoms with E-state index in [4.69, 9.17) is 47.8 Å². The molecule has 4 heterocycles. The Bertz CT molecular complexity index is 2760. The molecule has 0 saturated carbocycles. The first-order chi connectivity index (χ1) is 41.1. The lowest BCUT2D eigenvalue weighted by Gasteiger charge is -2.36. The van der Waals surface area contributed by atoms with Crippen LogP contribution in [0.3, 0.4) is 0 Å². The molecular formula is C61H97N13O15. The molecule has 2 N–H and O–H groups in total. The largest absolute Gasteiger partial charge is 0.444 e. The molecule has 2 aromatic heterocycles. The zero-order chi connectivity index (χ0) is 66.5. The molecule has 496 valence electrons. The van der Waals surface area contributed by atoms with Crippen LogP contribution < -0.4 is 26.1 Å². The van der Waals surface area contributed by atoms with Gasteiger partial charge in [0.1, 0.15) is 44.8 Å². The molecule has 5 rings (SSSR count). The molecule has 2 fully saturated rings. The maximum absolute atomic E-state index is 14.2. The summed E-state index contributed by atoms with van der Waals surface area (Å²) in [6.45, 7) is 31.4. The number of nitrogens with one attached hydrogen (secondary N) is 2. The van der Waals surface area contributed by atoms with Gasteiger partial charge in [-0.05, 0) is 137 Å². The van der Waals surface area contributed by atoms with Crippen LogP contribution in [0.5, 0.6) is 0 Å². The SMILES string of the molecule is CC(C)(C)OC(=O)N1CCN(C(=O)OC(C)(C)C)CCN(c2nc(NCCNC(=O)c3cc4ccccc4oc3=O)nc(N3CCN(C(=O)OC(C)(C)C)CCN(C(=O)OC(C)(C)C)CCN(C(=O)OC(C)(C)C)CC3)n2)CCN(C(=O)OC(C)(C)C)CC1. The molecule has 1 aromatic carbocycles. The standard InChI is InChI=1S/C61H97N13O15/c1-56(2,3)84-50(77)69-29-25-67(26-30-70(51(78)85-57(4,5)6)34-38-73(37-33-69)54(81)88-60(13,14)15)48-64-47(63-24-23-62-45(75)43-41-42-21-19-20-22-44(42)83-46(43)76)65-49(66-48)68-27-31-71(52(79)86-58(7,8)9)35-39-74(55(82)89-61(16,17)18)40-36-72(32-28-68)53(80)87-59(10,11)12/h19-22,41H,23-40H2,1-18H3,(H,62,75)(H,63,64,65,66). The summed E-state index contributed by atoms with van der Waals surface area (Å²) in [5, 5.41) is 6.52. The van der Waals surface area contributed by atoms with Gasteiger partial charge in [0.15, 0.2) is 0 Å². The van der Waals surface area contributed by atoms with Crippen LogP contribution >= 0.6 is 0 Å². The van der Waals surface area contributed by atoms with Crippen molar-refractivity contribution in [3.63, 3.8) is 0 Å². The second-order valence-corrected chi connectivity index (χ2v) is 27.7. The Balaban J connectivity index is 1.65. The highest BCUT2D eigenvalue weighted by Gasteiger charge is 2.34. The summed E-state index contributed by atoms with van der Waals surface area (Å²) in [6, 6.07) is 8.28. The molecule has 28 heteroatoms. The Morgan fingerprint density at radius 2 is 0.697 bits per heavy atom. The third-order valence-corrected chi connectivity index (χ3v) is 12.8. The van der Waals surface area contributed by atoms with Crippen molar-refractivity contribution in [1.29, 1.82) is 0 Å². The van der Waals surface area contributed by atoms with Crippen molar-refractivity contribution in [2.45, 2.75) is 158 Å². The Hall–Kier alpha value is -8.07. The summed E-state index contributed by atoms with van der Waals surface area (Å²) >= 11 is 0. The summed E-state index contributed by atoms with van der Waals surface area (Å²) < 4.78 is 40.7. The number of hydrogen-bond donors (Lipinski definition) is 2. The van der Waals surface area contributed by atoms with Crippen molar-refractivity contribution in [2.24, 2.45) is 0 Å². The molecule has 2 aliphatic rings. The number of nitrogens with zero attached hydrogens (tertiary/aromatic N) is 11. The van der Waals surface area contributed by atoms with Gasteiger partial charge in [0, 0.05) is 123 Å². The Labute approximate surface area is 523 Å². The van der Waals surface area contributed by atoms with Gasteiger partial charge in [-0.2, -0.15) is 15.0 Å². The zero-order valence-electron chi connectivity index (χ0n) is 55.7. The number of benzene rings is 1. The topological polar surface area (TPSA) is 294 Å². The van der Waals surface area contributed by atoms with Crippen LogP contribution in [-0.4, -0.2) is 238 Å². The average Bonchev–Trinajstić information content (AvgIpc) is 3.31. The number of ether oxygens (including phenoxy) is 6. The summed E-state index contributed by atoms with van der Waals surface area (Å²) in [6.07, 6.45) is -3.92. The van der Waals surface area contributed by atoms with Crippen molar-refractivity contribution in [1.82, 2.24) is 49.7 Å². The number of rotatable bonds is 7. The molecular weight excluding hydrogens is 1150 g/mol. The number of fused-ring (bicyclic) bond motifs is 1. The highest BCUT2D eigenvalue weighted by molar-refractivity contribution is 5.96. The predicted octanol–water partition coefficient (Wildman–Crippen LogP) is 7.88. The molecule has 0 unspecified atom stereocenters. The minimum Gasteiger partial charge on any atom is -0.444 e. The lowest BCUT2D eigenvalue weighted by molar-refractivity contribution is 0.00797. The smallest absolute Gasteiger partial charge is 0.410 e. The van der Waals surface area contributed by atoms with E-state index in [2.05, 4.69) is 10.6 Å². The van der Waals surface area contributed by atoms with Gasteiger partial charge in [0.25, 0.3) is 5.91 Å². The van der Waals surface area contributed by atoms with E-state index in [0.29, 0.717) is 11.0 Å². The molecule has 7 amide bonds. The van der Waals surface area contributed by atoms with Gasteiger partial charge in [-0.3, -0.25) is 4.79 Å². The van der Waals surface area contributed by atoms with E-state index < -0.39 is 81.7 Å².